The fourth-order valence-electron chi connectivity index (χ4n) is 8.08. The van der Waals surface area contributed by atoms with Crippen molar-refractivity contribution in [1.29, 1.82) is 0 Å². The van der Waals surface area contributed by atoms with Crippen LogP contribution in [0.2, 0.25) is 5.02 Å². The highest BCUT2D eigenvalue weighted by Gasteiger charge is 2.48. The van der Waals surface area contributed by atoms with Crippen molar-refractivity contribution in [3.63, 3.8) is 0 Å². The fraction of sp³-hybridized carbons (Fsp3) is 0.590. The molecule has 1 aliphatic carbocycles. The molecule has 7 atom stereocenters. The number of hydrogen-bond donors (Lipinski definition) is 1. The molecular weight excluding hydrogens is 642 g/mol. The number of nitrogens with one attached hydrogen (secondary N) is 1. The number of amides is 1. The van der Waals surface area contributed by atoms with Crippen LogP contribution >= 0.6 is 22.3 Å². The van der Waals surface area contributed by atoms with Crippen LogP contribution < -0.4 is 14.4 Å². The SMILES string of the molecule is C=S1NC(=O)c2ccc3c(c2)N(CC(c2ccc(Cl)cc2CCC)CO3)CC2CCC2C(CN2CCOCC2)(OC)/C=C/CC(C)C1C. The minimum atomic E-state index is -0.541. The summed E-state index contributed by atoms with van der Waals surface area (Å²) in [6.45, 7) is 13.2. The monoisotopic (exact) mass is 695 g/mol. The normalized spacial score (nSPS) is 32.3. The number of carbonyl (C=O) groups is 1. The van der Waals surface area contributed by atoms with Crippen molar-refractivity contribution in [2.75, 3.05) is 64.6 Å². The number of morpholine rings is 1. The molecule has 7 unspecified atom stereocenters. The van der Waals surface area contributed by atoms with Crippen molar-refractivity contribution in [3.8, 4) is 5.75 Å². The van der Waals surface area contributed by atoms with Gasteiger partial charge in [-0.05, 0) is 84.9 Å². The molecule has 9 heteroatoms. The Morgan fingerprint density at radius 1 is 1.12 bits per heavy atom. The topological polar surface area (TPSA) is 63.3 Å². The summed E-state index contributed by atoms with van der Waals surface area (Å²) in [4.78, 5) is 18.7. The van der Waals surface area contributed by atoms with Crippen LogP contribution in [0.1, 0.15) is 73.9 Å². The molecule has 3 aliphatic heterocycles. The lowest BCUT2D eigenvalue weighted by Crippen LogP contribution is -2.57. The Balaban J connectivity index is 1.40. The van der Waals surface area contributed by atoms with Gasteiger partial charge in [0.05, 0.1) is 25.5 Å². The van der Waals surface area contributed by atoms with E-state index in [0.29, 0.717) is 29.9 Å². The molecule has 1 amide bonds. The Morgan fingerprint density at radius 2 is 1.94 bits per heavy atom. The molecule has 0 aromatic heterocycles. The maximum Gasteiger partial charge on any atom is 0.260 e. The lowest BCUT2D eigenvalue weighted by Gasteiger charge is -2.51. The largest absolute Gasteiger partial charge is 0.491 e. The van der Waals surface area contributed by atoms with Crippen molar-refractivity contribution in [3.05, 3.63) is 70.3 Å². The zero-order chi connectivity index (χ0) is 33.8. The molecular formula is C39H54ClN3O4S. The predicted octanol–water partition coefficient (Wildman–Crippen LogP) is 7.35. The van der Waals surface area contributed by atoms with Crippen LogP contribution in [-0.2, 0) is 15.9 Å². The van der Waals surface area contributed by atoms with E-state index in [-0.39, 0.29) is 17.1 Å². The van der Waals surface area contributed by atoms with Gasteiger partial charge in [0.1, 0.15) is 11.4 Å². The van der Waals surface area contributed by atoms with Gasteiger partial charge in [-0.25, -0.2) is 0 Å². The highest BCUT2D eigenvalue weighted by Crippen LogP contribution is 2.47. The van der Waals surface area contributed by atoms with Crippen molar-refractivity contribution >= 4 is 39.7 Å². The third-order valence-electron chi connectivity index (χ3n) is 11.3. The second-order valence-corrected chi connectivity index (χ2v) is 16.6. The first kappa shape index (κ1) is 35.5. The average Bonchev–Trinajstić information content (AvgIpc) is 3.25. The smallest absolute Gasteiger partial charge is 0.260 e. The zero-order valence-electron chi connectivity index (χ0n) is 29.2. The van der Waals surface area contributed by atoms with Crippen LogP contribution in [0.25, 0.3) is 0 Å². The fourth-order valence-corrected chi connectivity index (χ4v) is 9.49. The van der Waals surface area contributed by atoms with E-state index >= 15 is 0 Å². The van der Waals surface area contributed by atoms with Gasteiger partial charge in [-0.1, -0.05) is 73.6 Å². The van der Waals surface area contributed by atoms with Crippen molar-refractivity contribution in [2.45, 2.75) is 69.6 Å². The highest BCUT2D eigenvalue weighted by molar-refractivity contribution is 8.13. The first-order valence-electron chi connectivity index (χ1n) is 17.9. The van der Waals surface area contributed by atoms with Gasteiger partial charge in [0.15, 0.2) is 0 Å². The van der Waals surface area contributed by atoms with Crippen molar-refractivity contribution in [2.24, 2.45) is 17.8 Å². The molecule has 1 saturated heterocycles. The summed E-state index contributed by atoms with van der Waals surface area (Å²) in [5.41, 5.74) is 3.84. The van der Waals surface area contributed by atoms with Crippen LogP contribution in [0.3, 0.4) is 0 Å². The number of methoxy groups -OCH3 is 1. The first-order chi connectivity index (χ1) is 23.2. The molecule has 2 fully saturated rings. The van der Waals surface area contributed by atoms with Crippen molar-refractivity contribution in [1.82, 2.24) is 9.62 Å². The number of hydrogen-bond acceptors (Lipinski definition) is 6. The molecule has 4 aliphatic rings. The number of rotatable bonds is 6. The molecule has 6 rings (SSSR count). The molecule has 2 bridgehead atoms. The maximum absolute atomic E-state index is 13.7. The molecule has 3 heterocycles. The Bertz CT molecular complexity index is 1500. The third-order valence-corrected chi connectivity index (χ3v) is 13.4. The number of halogens is 1. The summed E-state index contributed by atoms with van der Waals surface area (Å²) < 4.78 is 22.2. The Labute approximate surface area is 295 Å². The van der Waals surface area contributed by atoms with Crippen LogP contribution in [0, 0.1) is 17.8 Å². The summed E-state index contributed by atoms with van der Waals surface area (Å²) >= 11 is 6.49. The number of nitrogens with zero attached hydrogens (tertiary/aromatic N) is 2. The molecule has 2 aromatic carbocycles. The molecule has 1 saturated carbocycles. The average molecular weight is 696 g/mol. The van der Waals surface area contributed by atoms with E-state index in [2.05, 4.69) is 65.4 Å². The number of allylic oxidation sites excluding steroid dienone is 1. The summed E-state index contributed by atoms with van der Waals surface area (Å²) in [5.74, 6) is 6.47. The van der Waals surface area contributed by atoms with Gasteiger partial charge < -0.3 is 23.8 Å². The minimum absolute atomic E-state index is 0.0769. The molecule has 262 valence electrons. The first-order valence-corrected chi connectivity index (χ1v) is 19.7. The lowest BCUT2D eigenvalue weighted by molar-refractivity contribution is -0.101. The van der Waals surface area contributed by atoms with Crippen LogP contribution in [-0.4, -0.2) is 87.2 Å². The van der Waals surface area contributed by atoms with Gasteiger partial charge in [0, 0.05) is 61.6 Å². The Morgan fingerprint density at radius 3 is 2.67 bits per heavy atom. The van der Waals surface area contributed by atoms with E-state index in [0.717, 1.165) is 94.5 Å². The van der Waals surface area contributed by atoms with E-state index in [1.807, 2.05) is 31.4 Å². The number of ether oxygens (including phenoxy) is 3. The Hall–Kier alpha value is -2.36. The summed E-state index contributed by atoms with van der Waals surface area (Å²) in [7, 11) is 1.36. The number of aryl methyl sites for hydroxylation is 1. The molecule has 0 radical (unpaired) electrons. The number of fused-ring (bicyclic) bond motifs is 2. The van der Waals surface area contributed by atoms with E-state index < -0.39 is 16.3 Å². The minimum Gasteiger partial charge on any atom is -0.491 e. The van der Waals surface area contributed by atoms with E-state index in [1.165, 1.54) is 11.1 Å². The maximum atomic E-state index is 13.7. The number of anilines is 1. The van der Waals surface area contributed by atoms with Crippen LogP contribution in [0.15, 0.2) is 48.6 Å². The van der Waals surface area contributed by atoms with Crippen LogP contribution in [0.4, 0.5) is 5.69 Å². The zero-order valence-corrected chi connectivity index (χ0v) is 30.8. The van der Waals surface area contributed by atoms with Gasteiger partial charge in [0.2, 0.25) is 0 Å². The second kappa shape index (κ2) is 15.7. The summed E-state index contributed by atoms with van der Waals surface area (Å²) in [5, 5.41) is 0.993. The van der Waals surface area contributed by atoms with Gasteiger partial charge in [-0.3, -0.25) is 9.69 Å². The van der Waals surface area contributed by atoms with Crippen LogP contribution in [0.5, 0.6) is 5.75 Å². The lowest BCUT2D eigenvalue weighted by atomic mass is 9.63. The van der Waals surface area contributed by atoms with Gasteiger partial charge in [0.25, 0.3) is 5.91 Å². The van der Waals surface area contributed by atoms with Crippen molar-refractivity contribution < 1.29 is 19.0 Å². The summed E-state index contributed by atoms with van der Waals surface area (Å²) in [6.07, 6.45) is 9.94. The summed E-state index contributed by atoms with van der Waals surface area (Å²) in [6, 6.07) is 12.3. The molecule has 48 heavy (non-hydrogen) atoms. The van der Waals surface area contributed by atoms with Gasteiger partial charge in [-0.2, -0.15) is 0 Å². The van der Waals surface area contributed by atoms with E-state index in [1.54, 1.807) is 0 Å². The van der Waals surface area contributed by atoms with Gasteiger partial charge in [-0.15, -0.1) is 0 Å². The number of benzene rings is 2. The van der Waals surface area contributed by atoms with E-state index in [4.69, 9.17) is 25.8 Å². The second-order valence-electron chi connectivity index (χ2n) is 14.4. The molecule has 7 nitrogen and oxygen atoms in total. The highest BCUT2D eigenvalue weighted by atomic mass is 35.5. The molecule has 0 spiro atoms. The quantitative estimate of drug-likeness (QED) is 0.252. The van der Waals surface area contributed by atoms with Gasteiger partial charge >= 0.3 is 0 Å². The standard InChI is InChI=1S/C39H54ClN3O4S/c1-6-8-29-21-33(40)12-13-34(29)32-24-43-23-31-10-14-35(31)39(45-4,26-42-17-19-46-20-18-42)16-7-9-27(2)28(3)48(5)41-38(44)30-11-15-37(47-25-32)36(43)22-30/h7,11-13,15-16,21-22,27-28,31-32,35H,5-6,8-10,14,17-20,23-26H2,1-4H3,(H,41,44)/b16-7+. The van der Waals surface area contributed by atoms with E-state index in [9.17, 15) is 4.79 Å². The third kappa shape index (κ3) is 7.68. The predicted molar refractivity (Wildman–Crippen MR) is 200 cm³/mol. The Kier molecular flexibility index (Phi) is 11.6. The number of carbonyl (C=O) groups excluding carboxylic acids is 1. The molecule has 2 aromatic rings. The molecule has 1 N–H and O–H groups in total.